The molecule has 1 fully saturated rings. The Morgan fingerprint density at radius 2 is 2.25 bits per heavy atom. The van der Waals surface area contributed by atoms with E-state index in [0.717, 1.165) is 12.8 Å². The molecule has 2 rings (SSSR count). The molecule has 5 nitrogen and oxygen atoms in total. The van der Waals surface area contributed by atoms with Gasteiger partial charge in [-0.15, -0.1) is 0 Å². The number of rotatable bonds is 2. The third kappa shape index (κ3) is 2.70. The number of hydrogen-bond donors (Lipinski definition) is 2. The molecule has 1 aromatic heterocycles. The predicted octanol–water partition coefficient (Wildman–Crippen LogP) is 0.573. The Morgan fingerprint density at radius 1 is 1.50 bits per heavy atom. The Bertz CT molecular complexity index is 375. The van der Waals surface area contributed by atoms with E-state index >= 15 is 0 Å². The largest absolute Gasteiger partial charge is 0.384 e. The Hall–Kier alpha value is -1.62. The van der Waals surface area contributed by atoms with E-state index in [1.54, 1.807) is 12.1 Å². The fourth-order valence-corrected chi connectivity index (χ4v) is 1.70. The monoisotopic (exact) mass is 221 g/mol. The summed E-state index contributed by atoms with van der Waals surface area (Å²) in [5.74, 6) is 0.264. The smallest absolute Gasteiger partial charge is 0.251 e. The number of pyridine rings is 1. The molecule has 0 radical (unpaired) electrons. The van der Waals surface area contributed by atoms with Gasteiger partial charge in [-0.05, 0) is 25.0 Å². The lowest BCUT2D eigenvalue weighted by Gasteiger charge is -2.23. The lowest BCUT2D eigenvalue weighted by atomic mass is 10.1. The topological polar surface area (TPSA) is 77.2 Å². The third-order valence-corrected chi connectivity index (χ3v) is 2.60. The molecule has 2 heterocycles. The number of carbonyl (C=O) groups is 1. The predicted molar refractivity (Wildman–Crippen MR) is 60.0 cm³/mol. The minimum absolute atomic E-state index is 0.0963. The number of nitrogens with one attached hydrogen (secondary N) is 1. The van der Waals surface area contributed by atoms with Gasteiger partial charge in [0.2, 0.25) is 0 Å². The maximum absolute atomic E-state index is 11.8. The normalized spacial score (nSPS) is 17.0. The summed E-state index contributed by atoms with van der Waals surface area (Å²) in [6, 6.07) is 3.44. The van der Waals surface area contributed by atoms with Crippen molar-refractivity contribution in [3.8, 4) is 0 Å². The molecule has 86 valence electrons. The van der Waals surface area contributed by atoms with Gasteiger partial charge in [0, 0.05) is 31.0 Å². The SMILES string of the molecule is Nc1cc(C(=O)NC2CCOCC2)ccn1. The highest BCUT2D eigenvalue weighted by atomic mass is 16.5. The molecule has 1 aliphatic rings. The second kappa shape index (κ2) is 4.94. The summed E-state index contributed by atoms with van der Waals surface area (Å²) in [6.07, 6.45) is 3.27. The Labute approximate surface area is 94.0 Å². The second-order valence-corrected chi connectivity index (χ2v) is 3.83. The zero-order chi connectivity index (χ0) is 11.4. The van der Waals surface area contributed by atoms with Crippen LogP contribution in [0, 0.1) is 0 Å². The van der Waals surface area contributed by atoms with Crippen molar-refractivity contribution in [2.75, 3.05) is 18.9 Å². The van der Waals surface area contributed by atoms with Crippen molar-refractivity contribution in [2.24, 2.45) is 0 Å². The van der Waals surface area contributed by atoms with Crippen LogP contribution in [0.15, 0.2) is 18.3 Å². The average molecular weight is 221 g/mol. The molecule has 3 N–H and O–H groups in total. The van der Waals surface area contributed by atoms with Gasteiger partial charge in [-0.25, -0.2) is 4.98 Å². The van der Waals surface area contributed by atoms with Gasteiger partial charge in [-0.2, -0.15) is 0 Å². The minimum Gasteiger partial charge on any atom is -0.384 e. The summed E-state index contributed by atoms with van der Waals surface area (Å²) < 4.78 is 5.22. The zero-order valence-electron chi connectivity index (χ0n) is 8.98. The van der Waals surface area contributed by atoms with Crippen LogP contribution in [0.4, 0.5) is 5.82 Å². The molecule has 1 saturated heterocycles. The van der Waals surface area contributed by atoms with Crippen molar-refractivity contribution in [1.29, 1.82) is 0 Å². The average Bonchev–Trinajstić information content (AvgIpc) is 2.30. The first kappa shape index (κ1) is 10.9. The van der Waals surface area contributed by atoms with E-state index in [4.69, 9.17) is 10.5 Å². The molecule has 0 aliphatic carbocycles. The fraction of sp³-hybridized carbons (Fsp3) is 0.455. The highest BCUT2D eigenvalue weighted by Crippen LogP contribution is 2.08. The number of amides is 1. The molecule has 0 spiro atoms. The summed E-state index contributed by atoms with van der Waals surface area (Å²) in [6.45, 7) is 1.42. The number of nitrogens with zero attached hydrogens (tertiary/aromatic N) is 1. The van der Waals surface area contributed by atoms with Gasteiger partial charge in [-0.1, -0.05) is 0 Å². The van der Waals surface area contributed by atoms with Crippen LogP contribution in [0.1, 0.15) is 23.2 Å². The van der Waals surface area contributed by atoms with Gasteiger partial charge in [-0.3, -0.25) is 4.79 Å². The van der Waals surface area contributed by atoms with E-state index in [9.17, 15) is 4.79 Å². The molecule has 1 aromatic rings. The van der Waals surface area contributed by atoms with Gasteiger partial charge in [0.05, 0.1) is 0 Å². The molecular formula is C11H15N3O2. The fourth-order valence-electron chi connectivity index (χ4n) is 1.70. The quantitative estimate of drug-likeness (QED) is 0.765. The van der Waals surface area contributed by atoms with Crippen LogP contribution in [0.5, 0.6) is 0 Å². The molecule has 0 saturated carbocycles. The maximum Gasteiger partial charge on any atom is 0.251 e. The van der Waals surface area contributed by atoms with Crippen LogP contribution in [-0.4, -0.2) is 30.1 Å². The molecule has 16 heavy (non-hydrogen) atoms. The van der Waals surface area contributed by atoms with Crippen LogP contribution in [0.3, 0.4) is 0 Å². The lowest BCUT2D eigenvalue weighted by Crippen LogP contribution is -2.38. The number of carbonyl (C=O) groups excluding carboxylic acids is 1. The van der Waals surface area contributed by atoms with Crippen molar-refractivity contribution < 1.29 is 9.53 Å². The summed E-state index contributed by atoms with van der Waals surface area (Å²) >= 11 is 0. The lowest BCUT2D eigenvalue weighted by molar-refractivity contribution is 0.0696. The Morgan fingerprint density at radius 3 is 2.94 bits per heavy atom. The van der Waals surface area contributed by atoms with Gasteiger partial charge < -0.3 is 15.8 Å². The first-order valence-corrected chi connectivity index (χ1v) is 5.36. The van der Waals surface area contributed by atoms with Gasteiger partial charge >= 0.3 is 0 Å². The standard InChI is InChI=1S/C11H15N3O2/c12-10-7-8(1-4-13-10)11(15)14-9-2-5-16-6-3-9/h1,4,7,9H,2-3,5-6H2,(H2,12,13)(H,14,15). The summed E-state index contributed by atoms with van der Waals surface area (Å²) in [5, 5.41) is 2.96. The Kier molecular flexibility index (Phi) is 3.36. The van der Waals surface area contributed by atoms with Crippen LogP contribution in [0.25, 0.3) is 0 Å². The van der Waals surface area contributed by atoms with E-state index in [2.05, 4.69) is 10.3 Å². The van der Waals surface area contributed by atoms with Gasteiger partial charge in [0.15, 0.2) is 0 Å². The van der Waals surface area contributed by atoms with E-state index < -0.39 is 0 Å². The van der Waals surface area contributed by atoms with Crippen molar-refractivity contribution in [3.63, 3.8) is 0 Å². The van der Waals surface area contributed by atoms with E-state index in [1.807, 2.05) is 0 Å². The van der Waals surface area contributed by atoms with Crippen LogP contribution >= 0.6 is 0 Å². The summed E-state index contributed by atoms with van der Waals surface area (Å²) in [7, 11) is 0. The molecule has 1 aliphatic heterocycles. The summed E-state index contributed by atoms with van der Waals surface area (Å²) in [4.78, 5) is 15.7. The number of anilines is 1. The van der Waals surface area contributed by atoms with E-state index in [0.29, 0.717) is 24.6 Å². The number of nitrogens with two attached hydrogens (primary N) is 1. The molecule has 1 amide bonds. The van der Waals surface area contributed by atoms with Gasteiger partial charge in [0.25, 0.3) is 5.91 Å². The van der Waals surface area contributed by atoms with Gasteiger partial charge in [0.1, 0.15) is 5.82 Å². The number of aromatic nitrogens is 1. The molecule has 0 unspecified atom stereocenters. The third-order valence-electron chi connectivity index (χ3n) is 2.60. The number of ether oxygens (including phenoxy) is 1. The first-order valence-electron chi connectivity index (χ1n) is 5.36. The van der Waals surface area contributed by atoms with Crippen molar-refractivity contribution in [2.45, 2.75) is 18.9 Å². The second-order valence-electron chi connectivity index (χ2n) is 3.83. The van der Waals surface area contributed by atoms with Crippen molar-refractivity contribution in [3.05, 3.63) is 23.9 Å². The summed E-state index contributed by atoms with van der Waals surface area (Å²) in [5.41, 5.74) is 6.07. The molecular weight excluding hydrogens is 206 g/mol. The molecule has 0 bridgehead atoms. The highest BCUT2D eigenvalue weighted by Gasteiger charge is 2.16. The van der Waals surface area contributed by atoms with Crippen molar-refractivity contribution >= 4 is 11.7 Å². The van der Waals surface area contributed by atoms with Crippen LogP contribution in [-0.2, 0) is 4.74 Å². The van der Waals surface area contributed by atoms with E-state index in [1.165, 1.54) is 6.20 Å². The van der Waals surface area contributed by atoms with Crippen LogP contribution < -0.4 is 11.1 Å². The zero-order valence-corrected chi connectivity index (χ0v) is 8.98. The Balaban J connectivity index is 1.97. The molecule has 0 atom stereocenters. The number of nitrogen functional groups attached to an aromatic ring is 1. The van der Waals surface area contributed by atoms with Crippen molar-refractivity contribution in [1.82, 2.24) is 10.3 Å². The maximum atomic E-state index is 11.8. The van der Waals surface area contributed by atoms with Crippen LogP contribution in [0.2, 0.25) is 0 Å². The first-order chi connectivity index (χ1) is 7.75. The molecule has 0 aromatic carbocycles. The number of hydrogen-bond acceptors (Lipinski definition) is 4. The minimum atomic E-state index is -0.0963. The van der Waals surface area contributed by atoms with E-state index in [-0.39, 0.29) is 11.9 Å². The highest BCUT2D eigenvalue weighted by molar-refractivity contribution is 5.94. The molecule has 5 heteroatoms.